The maximum atomic E-state index is 5.71. The topological polar surface area (TPSA) is 34.1 Å². The molecule has 0 aliphatic rings. The molecule has 0 aromatic carbocycles. The van der Waals surface area contributed by atoms with Crippen LogP contribution in [0.5, 0.6) is 5.75 Å². The number of nitrogens with one attached hydrogen (secondary N) is 1. The number of thiophene rings is 1. The Balaban J connectivity index is 2.04. The van der Waals surface area contributed by atoms with Gasteiger partial charge in [-0.2, -0.15) is 0 Å². The van der Waals surface area contributed by atoms with Crippen LogP contribution in [-0.2, 0) is 6.54 Å². The molecule has 2 rings (SSSR count). The molecule has 2 aromatic rings. The van der Waals surface area contributed by atoms with Gasteiger partial charge in [0.1, 0.15) is 0 Å². The maximum Gasteiger partial charge on any atom is 0.169 e. The lowest BCUT2D eigenvalue weighted by molar-refractivity contribution is 0.243. The van der Waals surface area contributed by atoms with E-state index in [1.807, 2.05) is 32.0 Å². The Labute approximate surface area is 119 Å². The zero-order valence-corrected chi connectivity index (χ0v) is 12.7. The molecule has 0 spiro atoms. The van der Waals surface area contributed by atoms with E-state index < -0.39 is 0 Å². The van der Waals surface area contributed by atoms with Gasteiger partial charge in [-0.15, -0.1) is 11.3 Å². The molecular weight excluding hydrogens is 312 g/mol. The molecule has 96 valence electrons. The van der Waals surface area contributed by atoms with Crippen LogP contribution in [0.25, 0.3) is 0 Å². The zero-order chi connectivity index (χ0) is 13.0. The summed E-state index contributed by atoms with van der Waals surface area (Å²) in [4.78, 5) is 5.56. The highest BCUT2D eigenvalue weighted by atomic mass is 79.9. The largest absolute Gasteiger partial charge is 0.487 e. The summed E-state index contributed by atoms with van der Waals surface area (Å²) in [6.07, 6.45) is 1.91. The number of hydrogen-bond acceptors (Lipinski definition) is 4. The number of nitrogens with zero attached hydrogens (tertiary/aromatic N) is 1. The minimum Gasteiger partial charge on any atom is -0.487 e. The third kappa shape index (κ3) is 3.71. The number of halogens is 1. The van der Waals surface area contributed by atoms with E-state index in [9.17, 15) is 0 Å². The van der Waals surface area contributed by atoms with Gasteiger partial charge >= 0.3 is 0 Å². The summed E-state index contributed by atoms with van der Waals surface area (Å²) in [7, 11) is 0. The quantitative estimate of drug-likeness (QED) is 0.889. The Hall–Kier alpha value is -1.07. The third-order valence-corrected chi connectivity index (χ3v) is 3.82. The average Bonchev–Trinajstić information content (AvgIpc) is 2.73. The predicted molar refractivity (Wildman–Crippen MR) is 79.3 cm³/mol. The number of rotatable bonds is 5. The molecule has 0 amide bonds. The fourth-order valence-corrected chi connectivity index (χ4v) is 2.91. The van der Waals surface area contributed by atoms with Crippen LogP contribution < -0.4 is 10.1 Å². The van der Waals surface area contributed by atoms with Crippen LogP contribution in [0.2, 0.25) is 0 Å². The van der Waals surface area contributed by atoms with Crippen molar-refractivity contribution in [3.8, 4) is 5.75 Å². The SMILES string of the molecule is CC(C)Oc1cccnc1NCc1ccc(Br)s1. The molecule has 0 aliphatic heterocycles. The van der Waals surface area contributed by atoms with Crippen LogP contribution in [0, 0.1) is 0 Å². The van der Waals surface area contributed by atoms with E-state index >= 15 is 0 Å². The second-order valence-corrected chi connectivity index (χ2v) is 6.62. The van der Waals surface area contributed by atoms with Gasteiger partial charge in [-0.1, -0.05) is 0 Å². The molecule has 3 nitrogen and oxygen atoms in total. The van der Waals surface area contributed by atoms with Gasteiger partial charge in [0.05, 0.1) is 16.4 Å². The molecular formula is C13H15BrN2OS. The fourth-order valence-electron chi connectivity index (χ4n) is 1.49. The average molecular weight is 327 g/mol. The van der Waals surface area contributed by atoms with Crippen LogP contribution in [0.4, 0.5) is 5.82 Å². The highest BCUT2D eigenvalue weighted by molar-refractivity contribution is 9.11. The van der Waals surface area contributed by atoms with Crippen molar-refractivity contribution in [2.75, 3.05) is 5.32 Å². The van der Waals surface area contributed by atoms with Crippen molar-refractivity contribution in [1.82, 2.24) is 4.98 Å². The number of ether oxygens (including phenoxy) is 1. The van der Waals surface area contributed by atoms with Gasteiger partial charge in [0, 0.05) is 11.1 Å². The first-order chi connectivity index (χ1) is 8.65. The smallest absolute Gasteiger partial charge is 0.169 e. The summed E-state index contributed by atoms with van der Waals surface area (Å²) in [5.74, 6) is 1.58. The van der Waals surface area contributed by atoms with Crippen molar-refractivity contribution in [2.45, 2.75) is 26.5 Å². The fraction of sp³-hybridized carbons (Fsp3) is 0.308. The Morgan fingerprint density at radius 2 is 2.22 bits per heavy atom. The van der Waals surface area contributed by atoms with Gasteiger partial charge in [0.15, 0.2) is 11.6 Å². The second-order valence-electron chi connectivity index (χ2n) is 4.08. The number of aromatic nitrogens is 1. The maximum absolute atomic E-state index is 5.71. The van der Waals surface area contributed by atoms with Crippen molar-refractivity contribution in [3.63, 3.8) is 0 Å². The molecule has 2 aromatic heterocycles. The van der Waals surface area contributed by atoms with Crippen LogP contribution in [0.15, 0.2) is 34.2 Å². The highest BCUT2D eigenvalue weighted by Crippen LogP contribution is 2.25. The molecule has 0 bridgehead atoms. The summed E-state index contributed by atoms with van der Waals surface area (Å²) in [6.45, 7) is 4.77. The number of anilines is 1. The van der Waals surface area contributed by atoms with E-state index in [1.54, 1.807) is 17.5 Å². The monoisotopic (exact) mass is 326 g/mol. The zero-order valence-electron chi connectivity index (χ0n) is 10.3. The van der Waals surface area contributed by atoms with Gasteiger partial charge in [-0.3, -0.25) is 0 Å². The van der Waals surface area contributed by atoms with Gasteiger partial charge in [0.25, 0.3) is 0 Å². The third-order valence-electron chi connectivity index (χ3n) is 2.19. The molecule has 0 atom stereocenters. The predicted octanol–water partition coefficient (Wildman–Crippen LogP) is 4.30. The summed E-state index contributed by atoms with van der Waals surface area (Å²) >= 11 is 5.17. The van der Waals surface area contributed by atoms with E-state index in [0.29, 0.717) is 0 Å². The second kappa shape index (κ2) is 6.20. The highest BCUT2D eigenvalue weighted by Gasteiger charge is 2.06. The Morgan fingerprint density at radius 3 is 2.89 bits per heavy atom. The van der Waals surface area contributed by atoms with E-state index in [4.69, 9.17) is 4.74 Å². The molecule has 2 heterocycles. The van der Waals surface area contributed by atoms with Crippen molar-refractivity contribution >= 4 is 33.1 Å². The molecule has 0 saturated heterocycles. The van der Waals surface area contributed by atoms with Gasteiger partial charge in [0.2, 0.25) is 0 Å². The van der Waals surface area contributed by atoms with Gasteiger partial charge in [-0.05, 0) is 54.0 Å². The Bertz CT molecular complexity index is 513. The van der Waals surface area contributed by atoms with Gasteiger partial charge in [-0.25, -0.2) is 4.98 Å². The van der Waals surface area contributed by atoms with Crippen molar-refractivity contribution in [1.29, 1.82) is 0 Å². The molecule has 0 saturated carbocycles. The molecule has 5 heteroatoms. The Kier molecular flexibility index (Phi) is 4.60. The van der Waals surface area contributed by atoms with E-state index in [-0.39, 0.29) is 6.10 Å². The van der Waals surface area contributed by atoms with Crippen molar-refractivity contribution < 1.29 is 4.74 Å². The van der Waals surface area contributed by atoms with Crippen molar-refractivity contribution in [3.05, 3.63) is 39.1 Å². The first-order valence-electron chi connectivity index (χ1n) is 5.75. The molecule has 18 heavy (non-hydrogen) atoms. The first kappa shape index (κ1) is 13.4. The number of pyridine rings is 1. The minimum atomic E-state index is 0.144. The molecule has 0 radical (unpaired) electrons. The number of hydrogen-bond donors (Lipinski definition) is 1. The lowest BCUT2D eigenvalue weighted by Gasteiger charge is -2.13. The summed E-state index contributed by atoms with van der Waals surface area (Å²) < 4.78 is 6.85. The minimum absolute atomic E-state index is 0.144. The lowest BCUT2D eigenvalue weighted by atomic mass is 10.4. The lowest BCUT2D eigenvalue weighted by Crippen LogP contribution is -2.09. The summed E-state index contributed by atoms with van der Waals surface area (Å²) in [5, 5.41) is 3.30. The van der Waals surface area contributed by atoms with E-state index in [1.165, 1.54) is 4.88 Å². The van der Waals surface area contributed by atoms with Crippen LogP contribution in [0.1, 0.15) is 18.7 Å². The van der Waals surface area contributed by atoms with Crippen LogP contribution >= 0.6 is 27.3 Å². The summed E-state index contributed by atoms with van der Waals surface area (Å²) in [5.41, 5.74) is 0. The standard InChI is InChI=1S/C13H15BrN2OS/c1-9(2)17-11-4-3-7-15-13(11)16-8-10-5-6-12(14)18-10/h3-7,9H,8H2,1-2H3,(H,15,16). The van der Waals surface area contributed by atoms with Crippen molar-refractivity contribution in [2.24, 2.45) is 0 Å². The van der Waals surface area contributed by atoms with Crippen LogP contribution in [-0.4, -0.2) is 11.1 Å². The molecule has 1 N–H and O–H groups in total. The van der Waals surface area contributed by atoms with E-state index in [2.05, 4.69) is 32.3 Å². The summed E-state index contributed by atoms with van der Waals surface area (Å²) in [6, 6.07) is 7.95. The normalized spacial score (nSPS) is 10.7. The first-order valence-corrected chi connectivity index (χ1v) is 7.36. The van der Waals surface area contributed by atoms with Gasteiger partial charge < -0.3 is 10.1 Å². The molecule has 0 aliphatic carbocycles. The molecule has 0 fully saturated rings. The Morgan fingerprint density at radius 1 is 1.39 bits per heavy atom. The molecule has 0 unspecified atom stereocenters. The van der Waals surface area contributed by atoms with E-state index in [0.717, 1.165) is 21.9 Å². The van der Waals surface area contributed by atoms with Crippen LogP contribution in [0.3, 0.4) is 0 Å².